The van der Waals surface area contributed by atoms with Crippen LogP contribution in [0.3, 0.4) is 0 Å². The minimum atomic E-state index is -0.392. The maximum Gasteiger partial charge on any atom is 0.290 e. The number of carboxylic acid groups (broad SMARTS) is 1. The standard InChI is InChI=1S/C9H19NO.C8H15N3O3.C7H8.CH2O2/c1-5-9(11)10-8(4)6-7(2)3;1-6(2-3-7(9)13)11-8(14)4-10-5-12;1-7-5-3-2-4-6-7;2-1-3/h7-8H,5-6H2,1-4H3,(H,10,11);5-6H,2-4H2,1H3,(H2,9,13)(H,10,12)(H,11,14);2-6H,1H3;1H,(H,2,3). The Morgan fingerprint density at radius 2 is 1.49 bits per heavy atom. The minimum Gasteiger partial charge on any atom is -0.483 e. The van der Waals surface area contributed by atoms with E-state index in [-0.39, 0.29) is 37.3 Å². The largest absolute Gasteiger partial charge is 0.483 e. The Balaban J connectivity index is -0.000000431. The quantitative estimate of drug-likeness (QED) is 0.294. The number of nitrogens with two attached hydrogens (primary N) is 1. The number of hydrogen-bond donors (Lipinski definition) is 5. The van der Waals surface area contributed by atoms with Gasteiger partial charge in [-0.3, -0.25) is 24.0 Å². The predicted molar refractivity (Wildman–Crippen MR) is 137 cm³/mol. The Kier molecular flexibility index (Phi) is 26.0. The van der Waals surface area contributed by atoms with Crippen LogP contribution in [0.1, 0.15) is 65.9 Å². The Morgan fingerprint density at radius 1 is 0.971 bits per heavy atom. The molecule has 2 unspecified atom stereocenters. The molecular weight excluding hydrogens is 452 g/mol. The summed E-state index contributed by atoms with van der Waals surface area (Å²) in [7, 11) is 0. The molecule has 4 amide bonds. The lowest BCUT2D eigenvalue weighted by molar-refractivity contribution is -0.123. The molecule has 35 heavy (non-hydrogen) atoms. The van der Waals surface area contributed by atoms with Crippen LogP contribution in [-0.4, -0.2) is 54.3 Å². The number of carbonyl (C=O) groups is 5. The van der Waals surface area contributed by atoms with Crippen LogP contribution < -0.4 is 21.7 Å². The van der Waals surface area contributed by atoms with E-state index < -0.39 is 5.91 Å². The summed E-state index contributed by atoms with van der Waals surface area (Å²) in [4.78, 5) is 50.5. The summed E-state index contributed by atoms with van der Waals surface area (Å²) >= 11 is 0. The van der Waals surface area contributed by atoms with Crippen LogP contribution in [0.15, 0.2) is 30.3 Å². The van der Waals surface area contributed by atoms with E-state index in [9.17, 15) is 19.2 Å². The second-order valence-electron chi connectivity index (χ2n) is 8.18. The van der Waals surface area contributed by atoms with E-state index in [0.717, 1.165) is 6.42 Å². The highest BCUT2D eigenvalue weighted by molar-refractivity contribution is 5.80. The summed E-state index contributed by atoms with van der Waals surface area (Å²) in [5, 5.41) is 14.6. The lowest BCUT2D eigenvalue weighted by Crippen LogP contribution is -2.39. The number of rotatable bonds is 11. The zero-order valence-electron chi connectivity index (χ0n) is 21.9. The Labute approximate surface area is 209 Å². The average Bonchev–Trinajstić information content (AvgIpc) is 2.77. The van der Waals surface area contributed by atoms with Gasteiger partial charge in [-0.2, -0.15) is 0 Å². The van der Waals surface area contributed by atoms with Crippen LogP contribution in [-0.2, 0) is 24.0 Å². The molecule has 6 N–H and O–H groups in total. The molecule has 0 aliphatic rings. The van der Waals surface area contributed by atoms with E-state index >= 15 is 0 Å². The summed E-state index contributed by atoms with van der Waals surface area (Å²) in [6, 6.07) is 10.5. The first-order valence-corrected chi connectivity index (χ1v) is 11.6. The number of amides is 4. The second kappa shape index (κ2) is 25.2. The highest BCUT2D eigenvalue weighted by atomic mass is 16.3. The van der Waals surface area contributed by atoms with Gasteiger partial charge in [0.1, 0.15) is 0 Å². The molecule has 200 valence electrons. The number of primary amides is 1. The monoisotopic (exact) mass is 496 g/mol. The van der Waals surface area contributed by atoms with E-state index in [1.807, 2.05) is 32.0 Å². The van der Waals surface area contributed by atoms with E-state index in [2.05, 4.69) is 48.9 Å². The minimum absolute atomic E-state index is 0.0512. The van der Waals surface area contributed by atoms with Crippen LogP contribution in [0.2, 0.25) is 0 Å². The molecule has 1 aromatic carbocycles. The van der Waals surface area contributed by atoms with E-state index in [4.69, 9.17) is 15.6 Å². The highest BCUT2D eigenvalue weighted by Gasteiger charge is 2.08. The fourth-order valence-electron chi connectivity index (χ4n) is 2.57. The van der Waals surface area contributed by atoms with Crippen LogP contribution in [0.5, 0.6) is 0 Å². The van der Waals surface area contributed by atoms with Crippen LogP contribution in [0.4, 0.5) is 0 Å². The second-order valence-corrected chi connectivity index (χ2v) is 8.18. The van der Waals surface area contributed by atoms with E-state index in [1.54, 1.807) is 6.92 Å². The van der Waals surface area contributed by atoms with Gasteiger partial charge in [-0.25, -0.2) is 0 Å². The topological polar surface area (TPSA) is 168 Å². The maximum absolute atomic E-state index is 11.0. The molecule has 0 bridgehead atoms. The maximum atomic E-state index is 11.0. The molecule has 2 atom stereocenters. The number of carbonyl (C=O) groups excluding carboxylic acids is 4. The molecule has 0 radical (unpaired) electrons. The molecule has 0 fully saturated rings. The van der Waals surface area contributed by atoms with Gasteiger partial charge in [-0.1, -0.05) is 56.7 Å². The van der Waals surface area contributed by atoms with Gasteiger partial charge in [0.15, 0.2) is 0 Å². The van der Waals surface area contributed by atoms with Crippen molar-refractivity contribution in [2.45, 2.75) is 79.3 Å². The first kappa shape index (κ1) is 36.1. The summed E-state index contributed by atoms with van der Waals surface area (Å²) in [5.74, 6) is 0.131. The summed E-state index contributed by atoms with van der Waals surface area (Å²) in [6.45, 7) is 11.8. The molecule has 1 aromatic rings. The van der Waals surface area contributed by atoms with Gasteiger partial charge in [-0.15, -0.1) is 0 Å². The molecule has 10 heteroatoms. The fourth-order valence-corrected chi connectivity index (χ4v) is 2.57. The van der Waals surface area contributed by atoms with Crippen molar-refractivity contribution in [3.8, 4) is 0 Å². The first-order valence-electron chi connectivity index (χ1n) is 11.6. The molecule has 0 saturated heterocycles. The lowest BCUT2D eigenvalue weighted by Gasteiger charge is -2.14. The normalized spacial score (nSPS) is 10.8. The number of benzene rings is 1. The van der Waals surface area contributed by atoms with Gasteiger partial charge in [-0.05, 0) is 39.5 Å². The molecule has 0 aromatic heterocycles. The molecule has 0 spiro atoms. The smallest absolute Gasteiger partial charge is 0.290 e. The third-order valence-electron chi connectivity index (χ3n) is 4.07. The van der Waals surface area contributed by atoms with Gasteiger partial charge in [0.25, 0.3) is 6.47 Å². The van der Waals surface area contributed by atoms with Gasteiger partial charge >= 0.3 is 0 Å². The number of nitrogens with one attached hydrogen (secondary N) is 3. The van der Waals surface area contributed by atoms with Crippen molar-refractivity contribution in [1.29, 1.82) is 0 Å². The van der Waals surface area contributed by atoms with Crippen LogP contribution in [0, 0.1) is 12.8 Å². The first-order chi connectivity index (χ1) is 16.4. The van der Waals surface area contributed by atoms with Crippen molar-refractivity contribution in [3.63, 3.8) is 0 Å². The number of hydrogen-bond acceptors (Lipinski definition) is 5. The van der Waals surface area contributed by atoms with Crippen molar-refractivity contribution in [2.75, 3.05) is 6.54 Å². The predicted octanol–water partition coefficient (Wildman–Crippen LogP) is 2.15. The average molecular weight is 497 g/mol. The molecule has 0 aliphatic carbocycles. The molecule has 10 nitrogen and oxygen atoms in total. The summed E-state index contributed by atoms with van der Waals surface area (Å²) < 4.78 is 0. The third kappa shape index (κ3) is 32.8. The summed E-state index contributed by atoms with van der Waals surface area (Å²) in [5.41, 5.74) is 6.26. The van der Waals surface area contributed by atoms with Gasteiger partial charge in [0, 0.05) is 24.9 Å². The fraction of sp³-hybridized carbons (Fsp3) is 0.560. The zero-order chi connectivity index (χ0) is 27.6. The Bertz CT molecular complexity index is 698. The lowest BCUT2D eigenvalue weighted by atomic mass is 10.1. The van der Waals surface area contributed by atoms with Gasteiger partial charge < -0.3 is 26.8 Å². The Morgan fingerprint density at radius 3 is 1.86 bits per heavy atom. The molecular formula is C25H44N4O6. The van der Waals surface area contributed by atoms with Crippen molar-refractivity contribution in [1.82, 2.24) is 16.0 Å². The molecule has 0 heterocycles. The van der Waals surface area contributed by atoms with Crippen molar-refractivity contribution >= 4 is 30.6 Å². The Hall–Kier alpha value is -3.43. The van der Waals surface area contributed by atoms with Gasteiger partial charge in [0.2, 0.25) is 24.1 Å². The molecule has 0 saturated carbocycles. The number of aryl methyl sites for hydroxylation is 1. The van der Waals surface area contributed by atoms with E-state index in [1.165, 1.54) is 5.56 Å². The van der Waals surface area contributed by atoms with Crippen LogP contribution in [0.25, 0.3) is 0 Å². The summed E-state index contributed by atoms with van der Waals surface area (Å²) in [6.07, 6.45) is 2.84. The van der Waals surface area contributed by atoms with Crippen LogP contribution >= 0.6 is 0 Å². The SMILES string of the molecule is CC(CCC(N)=O)NC(=O)CNC=O.CCC(=O)NC(C)CC(C)C.Cc1ccccc1.O=CO. The highest BCUT2D eigenvalue weighted by Crippen LogP contribution is 2.03. The third-order valence-corrected chi connectivity index (χ3v) is 4.07. The van der Waals surface area contributed by atoms with Gasteiger partial charge in [0.05, 0.1) is 6.54 Å². The van der Waals surface area contributed by atoms with Crippen molar-refractivity contribution in [2.24, 2.45) is 11.7 Å². The molecule has 1 rings (SSSR count). The van der Waals surface area contributed by atoms with E-state index in [0.29, 0.717) is 31.2 Å². The zero-order valence-corrected chi connectivity index (χ0v) is 21.9. The van der Waals surface area contributed by atoms with Crippen molar-refractivity contribution < 1.29 is 29.1 Å². The van der Waals surface area contributed by atoms with Crippen molar-refractivity contribution in [3.05, 3.63) is 35.9 Å². The molecule has 0 aliphatic heterocycles.